The Hall–Kier alpha value is -6.88. The van der Waals surface area contributed by atoms with Crippen LogP contribution in [-0.2, 0) is 37.3 Å². The van der Waals surface area contributed by atoms with E-state index in [9.17, 15) is 2.74 Å². The van der Waals surface area contributed by atoms with Gasteiger partial charge in [0.2, 0.25) is 0 Å². The fraction of sp³-hybridized carbons (Fsp3) is 0.197. The maximum absolute atomic E-state index is 9.19. The van der Waals surface area contributed by atoms with Gasteiger partial charge in [0.25, 0.3) is 6.33 Å². The normalized spacial score (nSPS) is 13.1. The minimum Gasteiger partial charge on any atom is -0.510 e. The van der Waals surface area contributed by atoms with Crippen molar-refractivity contribution in [2.75, 3.05) is 0 Å². The molecule has 3 heterocycles. The monoisotopic (exact) mass is 1070 g/mol. The van der Waals surface area contributed by atoms with E-state index in [2.05, 4.69) is 134 Å². The summed E-state index contributed by atoms with van der Waals surface area (Å²) in [6.45, 7) is 19.7. The quantitative estimate of drug-likeness (QED) is 0.113. The Morgan fingerprint density at radius 3 is 1.93 bits per heavy atom. The number of pyridine rings is 1. The summed E-state index contributed by atoms with van der Waals surface area (Å²) in [7, 11) is 0. The fourth-order valence-corrected chi connectivity index (χ4v) is 8.51. The van der Waals surface area contributed by atoms with Gasteiger partial charge in [-0.25, -0.2) is 4.98 Å². The van der Waals surface area contributed by atoms with Crippen molar-refractivity contribution < 1.29 is 37.3 Å². The summed E-state index contributed by atoms with van der Waals surface area (Å²) < 4.78 is 56.5. The van der Waals surface area contributed by atoms with Crippen molar-refractivity contribution in [2.45, 2.75) is 78.6 Å². The molecule has 0 aliphatic rings. The summed E-state index contributed by atoms with van der Waals surface area (Å²) >= 11 is 0. The summed E-state index contributed by atoms with van der Waals surface area (Å²) in [5, 5.41) is 7.39. The van der Waals surface area contributed by atoms with Crippen LogP contribution in [-0.4, -0.2) is 19.2 Å². The van der Waals surface area contributed by atoms with Crippen molar-refractivity contribution in [1.29, 1.82) is 0 Å². The molecule has 0 amide bonds. The first-order valence-electron chi connectivity index (χ1n) is 25.2. The zero-order chi connectivity index (χ0) is 51.0. The third kappa shape index (κ3) is 8.98. The third-order valence-corrected chi connectivity index (χ3v) is 12.2. The Labute approximate surface area is 422 Å². The molecular formula is C61H55N5OPt-2. The van der Waals surface area contributed by atoms with Gasteiger partial charge in [-0.15, -0.1) is 34.8 Å². The number of para-hydroxylation sites is 2. The average molecular weight is 1070 g/mol. The van der Waals surface area contributed by atoms with Gasteiger partial charge in [-0.3, -0.25) is 0 Å². The summed E-state index contributed by atoms with van der Waals surface area (Å²) in [5.41, 5.74) is 8.72. The molecule has 0 saturated carbocycles. The summed E-state index contributed by atoms with van der Waals surface area (Å²) in [5.74, 6) is 2.23. The van der Waals surface area contributed by atoms with Gasteiger partial charge < -0.3 is 13.9 Å². The molecule has 0 spiro atoms. The number of ether oxygens (including phenoxy) is 1. The molecule has 0 saturated heterocycles. The second-order valence-electron chi connectivity index (χ2n) is 20.1. The predicted octanol–water partition coefficient (Wildman–Crippen LogP) is 14.7. The van der Waals surface area contributed by atoms with Gasteiger partial charge in [0, 0.05) is 49.8 Å². The predicted molar refractivity (Wildman–Crippen MR) is 273 cm³/mol. The smallest absolute Gasteiger partial charge is 0.272 e. The molecule has 0 aliphatic heterocycles. The van der Waals surface area contributed by atoms with E-state index in [1.165, 1.54) is 5.56 Å². The molecule has 0 bridgehead atoms. The molecule has 7 aromatic carbocycles. The minimum atomic E-state index is -0.463. The van der Waals surface area contributed by atoms with E-state index in [4.69, 9.17) is 18.9 Å². The molecular weight excluding hydrogens is 1010 g/mol. The van der Waals surface area contributed by atoms with Crippen LogP contribution in [0.1, 0.15) is 85.9 Å². The van der Waals surface area contributed by atoms with E-state index < -0.39 is 18.1 Å². The summed E-state index contributed by atoms with van der Waals surface area (Å²) in [6.07, 6.45) is 5.40. The summed E-state index contributed by atoms with van der Waals surface area (Å²) in [6, 6.07) is 49.3. The minimum absolute atomic E-state index is 0. The van der Waals surface area contributed by atoms with Crippen LogP contribution in [0.25, 0.3) is 72.6 Å². The first kappa shape index (κ1) is 40.2. The molecule has 0 N–H and O–H groups in total. The van der Waals surface area contributed by atoms with Crippen molar-refractivity contribution in [3.8, 4) is 62.3 Å². The van der Waals surface area contributed by atoms with E-state index in [1.807, 2.05) is 89.6 Å². The number of fused-ring (bicyclic) bond motifs is 3. The molecule has 6 nitrogen and oxygen atoms in total. The second kappa shape index (κ2) is 18.0. The summed E-state index contributed by atoms with van der Waals surface area (Å²) in [4.78, 5) is 4.84. The first-order valence-corrected chi connectivity index (χ1v) is 22.7. The number of nitrogens with zero attached hydrogens (tertiary/aromatic N) is 5. The third-order valence-electron chi connectivity index (χ3n) is 12.2. The van der Waals surface area contributed by atoms with Gasteiger partial charge in [0.15, 0.2) is 5.82 Å². The molecule has 0 atom stereocenters. The topological polar surface area (TPSA) is 48.8 Å². The van der Waals surface area contributed by atoms with E-state index in [0.29, 0.717) is 34.3 Å². The van der Waals surface area contributed by atoms with Gasteiger partial charge in [-0.1, -0.05) is 189 Å². The van der Waals surface area contributed by atoms with Crippen molar-refractivity contribution in [1.82, 2.24) is 19.2 Å². The molecule has 0 fully saturated rings. The van der Waals surface area contributed by atoms with Crippen LogP contribution in [0, 0.1) is 18.5 Å². The van der Waals surface area contributed by atoms with Gasteiger partial charge >= 0.3 is 0 Å². The number of benzene rings is 7. The van der Waals surface area contributed by atoms with E-state index >= 15 is 0 Å². The Balaban J connectivity index is 0.00000656. The standard InChI is InChI=1S/C61H55N5O.Pt/c1-59(2,3)44-32-33-62-56(37-44)66-54-29-17-16-26-52(54)53-31-30-49(39-55(53)66)67-48-25-18-24-47(38-48)64-40-65(63-58(64)42-22-14-11-15-23-42)57-50(41-20-12-10-13-21-41)27-19-28-51(57)43-34-45(60(4,5)6)36-46(35-43)61(7,8)9;/h10-37H,1-9H3;/q-2;/i10D,12D,13D,20D,21D;. The zero-order valence-corrected chi connectivity index (χ0v) is 42.0. The average Bonchev–Trinajstić information content (AvgIpc) is 3.95. The van der Waals surface area contributed by atoms with E-state index in [-0.39, 0.29) is 55.0 Å². The Morgan fingerprint density at radius 2 is 1.22 bits per heavy atom. The van der Waals surface area contributed by atoms with E-state index in [0.717, 1.165) is 55.4 Å². The van der Waals surface area contributed by atoms with Crippen molar-refractivity contribution in [3.05, 3.63) is 205 Å². The van der Waals surface area contributed by atoms with E-state index in [1.54, 1.807) is 10.7 Å². The van der Waals surface area contributed by atoms with Crippen LogP contribution in [0.5, 0.6) is 11.5 Å². The molecule has 10 rings (SSSR count). The Kier molecular flexibility index (Phi) is 10.6. The molecule has 0 unspecified atom stereocenters. The number of rotatable bonds is 8. The molecule has 10 aromatic rings. The van der Waals surface area contributed by atoms with Crippen LogP contribution in [0.15, 0.2) is 170 Å². The van der Waals surface area contributed by atoms with Crippen LogP contribution in [0.3, 0.4) is 0 Å². The number of hydrogen-bond donors (Lipinski definition) is 0. The van der Waals surface area contributed by atoms with Gasteiger partial charge in [0.05, 0.1) is 12.5 Å². The Morgan fingerprint density at radius 1 is 0.574 bits per heavy atom. The fourth-order valence-electron chi connectivity index (χ4n) is 8.51. The second-order valence-corrected chi connectivity index (χ2v) is 20.1. The Bertz CT molecular complexity index is 3690. The number of hydrogen-bond acceptors (Lipinski definition) is 3. The molecule has 3 aromatic heterocycles. The van der Waals surface area contributed by atoms with Gasteiger partial charge in [-0.2, -0.15) is 22.9 Å². The molecule has 7 heteroatoms. The van der Waals surface area contributed by atoms with Gasteiger partial charge in [-0.05, 0) is 78.8 Å². The number of aromatic nitrogens is 5. The van der Waals surface area contributed by atoms with Crippen LogP contribution < -0.4 is 9.42 Å². The van der Waals surface area contributed by atoms with Crippen molar-refractivity contribution in [3.63, 3.8) is 0 Å². The van der Waals surface area contributed by atoms with Crippen molar-refractivity contribution in [2.24, 2.45) is 0 Å². The first-order chi connectivity index (χ1) is 34.2. The molecule has 0 radical (unpaired) electrons. The van der Waals surface area contributed by atoms with Crippen LogP contribution >= 0.6 is 0 Å². The maximum Gasteiger partial charge on any atom is 0.272 e. The molecule has 68 heavy (non-hydrogen) atoms. The van der Waals surface area contributed by atoms with Gasteiger partial charge in [0.1, 0.15) is 5.82 Å². The zero-order valence-electron chi connectivity index (χ0n) is 44.7. The van der Waals surface area contributed by atoms with Crippen molar-refractivity contribution >= 4 is 21.8 Å². The molecule has 342 valence electrons. The maximum atomic E-state index is 9.19. The largest absolute Gasteiger partial charge is 0.510 e. The van der Waals surface area contributed by atoms with Crippen LogP contribution in [0.2, 0.25) is 0 Å². The SMILES string of the molecule is [2H]c1c([2H])c([2H])c(-c2cccc(-c3cc(C(C)(C)C)cc(C(C)(C)C)c3)c2-[n+]2[c-]n(-c3[c-]c(Oc4[c-]c5c(cc4)c4ccccc4n5-c4cc(C(C)(C)C)ccn4)ccc3)c(-c3ccccc3)n2)c([2H])c1[2H].[Pt]. The van der Waals surface area contributed by atoms with Crippen LogP contribution in [0.4, 0.5) is 0 Å². The molecule has 0 aliphatic carbocycles.